The Morgan fingerprint density at radius 3 is 2.63 bits per heavy atom. The van der Waals surface area contributed by atoms with Crippen molar-refractivity contribution >= 4 is 17.1 Å². The first-order chi connectivity index (χ1) is 12.9. The maximum Gasteiger partial charge on any atom is 0.329 e. The highest BCUT2D eigenvalue weighted by atomic mass is 16.5. The number of aliphatic hydroxyl groups is 1. The van der Waals surface area contributed by atoms with Crippen molar-refractivity contribution in [2.75, 3.05) is 11.9 Å². The van der Waals surface area contributed by atoms with Gasteiger partial charge in [0.05, 0.1) is 6.54 Å². The number of fused-ring (bicyclic) bond motifs is 1. The normalized spacial score (nSPS) is 12.5. The highest BCUT2D eigenvalue weighted by molar-refractivity contribution is 5.74. The second kappa shape index (κ2) is 7.67. The number of benzene rings is 1. The number of nitrogens with one attached hydrogen (secondary N) is 2. The number of aliphatic hydroxyl groups excluding tert-OH is 1. The smallest absolute Gasteiger partial charge is 0.329 e. The highest BCUT2D eigenvalue weighted by Crippen LogP contribution is 2.17. The molecule has 3 rings (SSSR count). The molecule has 0 unspecified atom stereocenters. The zero-order valence-corrected chi connectivity index (χ0v) is 15.5. The quantitative estimate of drug-likeness (QED) is 0.561. The lowest BCUT2D eigenvalue weighted by Gasteiger charge is -2.16. The van der Waals surface area contributed by atoms with E-state index in [2.05, 4.69) is 15.3 Å². The van der Waals surface area contributed by atoms with Crippen molar-refractivity contribution < 1.29 is 9.84 Å². The average molecular weight is 373 g/mol. The molecule has 0 aliphatic carbocycles. The molecule has 144 valence electrons. The number of hydrogen-bond donors (Lipinski definition) is 3. The van der Waals surface area contributed by atoms with Crippen molar-refractivity contribution in [3.63, 3.8) is 0 Å². The summed E-state index contributed by atoms with van der Waals surface area (Å²) in [6, 6.07) is 9.21. The molecule has 0 bridgehead atoms. The van der Waals surface area contributed by atoms with Crippen molar-refractivity contribution in [1.29, 1.82) is 0 Å². The van der Waals surface area contributed by atoms with Crippen LogP contribution in [0.25, 0.3) is 11.2 Å². The number of ether oxygens (including phenoxy) is 1. The number of anilines is 1. The summed E-state index contributed by atoms with van der Waals surface area (Å²) in [7, 11) is 1.53. The van der Waals surface area contributed by atoms with Crippen LogP contribution in [0.15, 0.2) is 39.9 Å². The molecule has 27 heavy (non-hydrogen) atoms. The number of H-pyrrole nitrogens is 1. The minimum Gasteiger partial charge on any atom is -0.491 e. The van der Waals surface area contributed by atoms with E-state index in [9.17, 15) is 14.7 Å². The van der Waals surface area contributed by atoms with Crippen LogP contribution in [0.5, 0.6) is 5.75 Å². The number of aromatic amines is 1. The predicted octanol–water partition coefficient (Wildman–Crippen LogP) is 0.684. The van der Waals surface area contributed by atoms with Crippen molar-refractivity contribution in [1.82, 2.24) is 19.1 Å². The number of nitrogens with zero attached hydrogens (tertiary/aromatic N) is 3. The van der Waals surface area contributed by atoms with Crippen molar-refractivity contribution in [3.8, 4) is 5.75 Å². The van der Waals surface area contributed by atoms with Gasteiger partial charge in [0.1, 0.15) is 18.5 Å². The van der Waals surface area contributed by atoms with E-state index in [-0.39, 0.29) is 30.4 Å². The van der Waals surface area contributed by atoms with Crippen LogP contribution in [0.3, 0.4) is 0 Å². The average Bonchev–Trinajstić information content (AvgIpc) is 2.97. The molecule has 0 radical (unpaired) electrons. The van der Waals surface area contributed by atoms with E-state index in [0.717, 1.165) is 0 Å². The second-order valence-electron chi connectivity index (χ2n) is 6.61. The number of imidazole rings is 1. The molecule has 3 aromatic rings. The van der Waals surface area contributed by atoms with Crippen LogP contribution in [0.1, 0.15) is 13.8 Å². The van der Waals surface area contributed by atoms with Gasteiger partial charge in [-0.1, -0.05) is 18.2 Å². The number of hydrogen-bond acceptors (Lipinski definition) is 6. The summed E-state index contributed by atoms with van der Waals surface area (Å²) in [6.07, 6.45) is -0.882. The van der Waals surface area contributed by atoms with Crippen molar-refractivity contribution in [2.45, 2.75) is 32.5 Å². The molecule has 0 spiro atoms. The summed E-state index contributed by atoms with van der Waals surface area (Å²) in [5, 5.41) is 13.6. The number of para-hydroxylation sites is 1. The third-order valence-electron chi connectivity index (χ3n) is 4.00. The van der Waals surface area contributed by atoms with Gasteiger partial charge in [-0.05, 0) is 26.0 Å². The Kier molecular flexibility index (Phi) is 5.31. The van der Waals surface area contributed by atoms with Gasteiger partial charge in [0, 0.05) is 13.1 Å². The molecule has 0 saturated heterocycles. The van der Waals surface area contributed by atoms with Crippen LogP contribution in [0.4, 0.5) is 5.95 Å². The third-order valence-corrected chi connectivity index (χ3v) is 4.00. The van der Waals surface area contributed by atoms with Crippen LogP contribution in [-0.2, 0) is 13.6 Å². The largest absolute Gasteiger partial charge is 0.491 e. The molecule has 0 saturated carbocycles. The molecule has 2 aromatic heterocycles. The summed E-state index contributed by atoms with van der Waals surface area (Å²) < 4.78 is 8.42. The van der Waals surface area contributed by atoms with Gasteiger partial charge in [0.2, 0.25) is 5.95 Å². The van der Waals surface area contributed by atoms with Crippen LogP contribution in [0, 0.1) is 0 Å². The molecule has 9 nitrogen and oxygen atoms in total. The van der Waals surface area contributed by atoms with E-state index >= 15 is 0 Å². The number of rotatable bonds is 7. The number of aryl methyl sites for hydroxylation is 1. The summed E-state index contributed by atoms with van der Waals surface area (Å²) in [5.74, 6) is 1.05. The molecule has 0 aliphatic heterocycles. The Hall–Kier alpha value is -3.07. The summed E-state index contributed by atoms with van der Waals surface area (Å²) in [4.78, 5) is 30.9. The Morgan fingerprint density at radius 1 is 1.26 bits per heavy atom. The molecule has 0 amide bonds. The molecular formula is C18H23N5O4. The van der Waals surface area contributed by atoms with E-state index in [1.54, 1.807) is 16.7 Å². The fourth-order valence-electron chi connectivity index (χ4n) is 2.75. The van der Waals surface area contributed by atoms with Crippen LogP contribution >= 0.6 is 0 Å². The zero-order valence-electron chi connectivity index (χ0n) is 15.5. The Balaban J connectivity index is 1.92. The first-order valence-corrected chi connectivity index (χ1v) is 8.68. The fraction of sp³-hybridized carbons (Fsp3) is 0.389. The number of aromatic nitrogens is 4. The fourth-order valence-corrected chi connectivity index (χ4v) is 2.75. The first kappa shape index (κ1) is 18.7. The summed E-state index contributed by atoms with van der Waals surface area (Å²) in [6.45, 7) is 4.00. The standard InChI is InChI=1S/C18H23N5O4/c1-11(2)19-17-20-15-14(16(25)21-18(26)22(15)3)23(17)9-12(24)10-27-13-7-5-4-6-8-13/h4-8,11-12,24H,9-10H2,1-3H3,(H,19,20)(H,21,25,26)/t12-/m1/s1. The predicted molar refractivity (Wildman–Crippen MR) is 102 cm³/mol. The lowest BCUT2D eigenvalue weighted by atomic mass is 10.3. The molecule has 2 heterocycles. The first-order valence-electron chi connectivity index (χ1n) is 8.68. The van der Waals surface area contributed by atoms with Gasteiger partial charge in [0.25, 0.3) is 5.56 Å². The van der Waals surface area contributed by atoms with E-state index in [4.69, 9.17) is 4.74 Å². The van der Waals surface area contributed by atoms with Gasteiger partial charge in [-0.3, -0.25) is 14.3 Å². The highest BCUT2D eigenvalue weighted by Gasteiger charge is 2.20. The maximum atomic E-state index is 12.4. The maximum absolute atomic E-state index is 12.4. The Labute approximate surface area is 155 Å². The van der Waals surface area contributed by atoms with Crippen molar-refractivity contribution in [3.05, 3.63) is 51.2 Å². The summed E-state index contributed by atoms with van der Waals surface area (Å²) in [5.41, 5.74) is -0.614. The van der Waals surface area contributed by atoms with Crippen LogP contribution < -0.4 is 21.3 Å². The van der Waals surface area contributed by atoms with Crippen LogP contribution in [-0.4, -0.2) is 43.0 Å². The SMILES string of the molecule is CC(C)Nc1nc2c(c(=O)[nH]c(=O)n2C)n1C[C@@H](O)COc1ccccc1. The van der Waals surface area contributed by atoms with Gasteiger partial charge in [-0.25, -0.2) is 4.79 Å². The molecule has 1 aromatic carbocycles. The van der Waals surface area contributed by atoms with Gasteiger partial charge in [0.15, 0.2) is 11.2 Å². The molecular weight excluding hydrogens is 350 g/mol. The van der Waals surface area contributed by atoms with E-state index < -0.39 is 17.4 Å². The van der Waals surface area contributed by atoms with Crippen molar-refractivity contribution in [2.24, 2.45) is 7.05 Å². The molecule has 0 aliphatic rings. The monoisotopic (exact) mass is 373 g/mol. The third kappa shape index (κ3) is 4.03. The molecule has 0 fully saturated rings. The molecule has 9 heteroatoms. The van der Waals surface area contributed by atoms with Gasteiger partial charge >= 0.3 is 5.69 Å². The van der Waals surface area contributed by atoms with Gasteiger partial charge in [-0.2, -0.15) is 4.98 Å². The summed E-state index contributed by atoms with van der Waals surface area (Å²) >= 11 is 0. The molecule has 3 N–H and O–H groups in total. The lowest BCUT2D eigenvalue weighted by molar-refractivity contribution is 0.0938. The minimum atomic E-state index is -0.882. The Bertz CT molecular complexity index is 1040. The molecule has 1 atom stereocenters. The second-order valence-corrected chi connectivity index (χ2v) is 6.61. The topological polar surface area (TPSA) is 114 Å². The van der Waals surface area contributed by atoms with E-state index in [1.807, 2.05) is 32.0 Å². The Morgan fingerprint density at radius 2 is 1.96 bits per heavy atom. The minimum absolute atomic E-state index is 0.0501. The van der Waals surface area contributed by atoms with E-state index in [0.29, 0.717) is 11.7 Å². The van der Waals surface area contributed by atoms with Gasteiger partial charge in [-0.15, -0.1) is 0 Å². The zero-order chi connectivity index (χ0) is 19.6. The lowest BCUT2D eigenvalue weighted by Crippen LogP contribution is -2.31. The van der Waals surface area contributed by atoms with Crippen LogP contribution in [0.2, 0.25) is 0 Å². The van der Waals surface area contributed by atoms with Gasteiger partial charge < -0.3 is 19.7 Å². The van der Waals surface area contributed by atoms with E-state index in [1.165, 1.54) is 11.6 Å².